The summed E-state index contributed by atoms with van der Waals surface area (Å²) in [5.41, 5.74) is 1.30. The standard InChI is InChI=1S/C15H18BrN3/c1-19(2)14(12-6-4-3-5-7-12)11-18-15-9-8-13(16)10-17-15/h3-10,14H,11H2,1-2H3,(H,17,18). The minimum atomic E-state index is 0.326. The summed E-state index contributed by atoms with van der Waals surface area (Å²) in [5, 5.41) is 3.38. The van der Waals surface area contributed by atoms with Crippen molar-refractivity contribution < 1.29 is 0 Å². The average Bonchev–Trinajstić information content (AvgIpc) is 2.42. The van der Waals surface area contributed by atoms with Gasteiger partial charge in [-0.25, -0.2) is 4.98 Å². The van der Waals surface area contributed by atoms with Crippen LogP contribution in [0.1, 0.15) is 11.6 Å². The number of nitrogens with zero attached hydrogens (tertiary/aromatic N) is 2. The van der Waals surface area contributed by atoms with E-state index in [1.54, 1.807) is 6.20 Å². The summed E-state index contributed by atoms with van der Waals surface area (Å²) in [6.07, 6.45) is 1.80. The van der Waals surface area contributed by atoms with Crippen molar-refractivity contribution in [3.63, 3.8) is 0 Å². The molecule has 0 radical (unpaired) electrons. The van der Waals surface area contributed by atoms with Gasteiger partial charge in [0.25, 0.3) is 0 Å². The number of hydrogen-bond acceptors (Lipinski definition) is 3. The molecule has 1 aromatic heterocycles. The molecule has 2 aromatic rings. The molecule has 0 fully saturated rings. The van der Waals surface area contributed by atoms with Crippen LogP contribution >= 0.6 is 15.9 Å². The van der Waals surface area contributed by atoms with Crippen LogP contribution in [0.5, 0.6) is 0 Å². The maximum atomic E-state index is 4.33. The Morgan fingerprint density at radius 3 is 2.47 bits per heavy atom. The molecule has 1 atom stereocenters. The minimum absolute atomic E-state index is 0.326. The molecular formula is C15H18BrN3. The Balaban J connectivity index is 2.04. The van der Waals surface area contributed by atoms with E-state index in [1.807, 2.05) is 18.2 Å². The molecule has 4 heteroatoms. The molecule has 0 aliphatic rings. The second-order valence-corrected chi connectivity index (χ2v) is 5.55. The van der Waals surface area contributed by atoms with Crippen LogP contribution in [-0.2, 0) is 0 Å². The lowest BCUT2D eigenvalue weighted by atomic mass is 10.1. The number of hydrogen-bond donors (Lipinski definition) is 1. The van der Waals surface area contributed by atoms with Gasteiger partial charge in [0.05, 0.1) is 6.04 Å². The summed E-state index contributed by atoms with van der Waals surface area (Å²) in [6, 6.07) is 14.8. The van der Waals surface area contributed by atoms with E-state index in [2.05, 4.69) is 69.5 Å². The number of benzene rings is 1. The molecule has 1 aromatic carbocycles. The summed E-state index contributed by atoms with van der Waals surface area (Å²) < 4.78 is 0.991. The maximum Gasteiger partial charge on any atom is 0.126 e. The first kappa shape index (κ1) is 14.0. The molecule has 0 amide bonds. The lowest BCUT2D eigenvalue weighted by molar-refractivity contribution is 0.311. The van der Waals surface area contributed by atoms with Gasteiger partial charge in [-0.3, -0.25) is 0 Å². The summed E-state index contributed by atoms with van der Waals surface area (Å²) in [6.45, 7) is 0.825. The summed E-state index contributed by atoms with van der Waals surface area (Å²) in [5.74, 6) is 0.894. The van der Waals surface area contributed by atoms with E-state index in [1.165, 1.54) is 5.56 Å². The molecule has 0 aliphatic carbocycles. The highest BCUT2D eigenvalue weighted by atomic mass is 79.9. The van der Waals surface area contributed by atoms with E-state index < -0.39 is 0 Å². The summed E-state index contributed by atoms with van der Waals surface area (Å²) in [7, 11) is 4.18. The van der Waals surface area contributed by atoms with Crippen LogP contribution in [0.15, 0.2) is 53.1 Å². The maximum absolute atomic E-state index is 4.33. The van der Waals surface area contributed by atoms with Crippen molar-refractivity contribution >= 4 is 21.7 Å². The minimum Gasteiger partial charge on any atom is -0.368 e. The Bertz CT molecular complexity index is 497. The van der Waals surface area contributed by atoms with Crippen LogP contribution in [0.2, 0.25) is 0 Å². The smallest absolute Gasteiger partial charge is 0.126 e. The molecule has 2 rings (SSSR count). The zero-order valence-electron chi connectivity index (χ0n) is 11.2. The fourth-order valence-electron chi connectivity index (χ4n) is 1.96. The van der Waals surface area contributed by atoms with Gasteiger partial charge in [-0.15, -0.1) is 0 Å². The quantitative estimate of drug-likeness (QED) is 0.913. The number of anilines is 1. The van der Waals surface area contributed by atoms with Crippen LogP contribution in [-0.4, -0.2) is 30.5 Å². The van der Waals surface area contributed by atoms with Gasteiger partial charge in [0.15, 0.2) is 0 Å². The van der Waals surface area contributed by atoms with Gasteiger partial charge in [0, 0.05) is 17.2 Å². The monoisotopic (exact) mass is 319 g/mol. The first-order valence-electron chi connectivity index (χ1n) is 6.23. The van der Waals surface area contributed by atoms with Crippen LogP contribution in [0.4, 0.5) is 5.82 Å². The van der Waals surface area contributed by atoms with Crippen molar-refractivity contribution in [2.75, 3.05) is 26.0 Å². The van der Waals surface area contributed by atoms with E-state index >= 15 is 0 Å². The fraction of sp³-hybridized carbons (Fsp3) is 0.267. The molecule has 1 heterocycles. The normalized spacial score (nSPS) is 12.4. The Labute approximate surface area is 122 Å². The van der Waals surface area contributed by atoms with Gasteiger partial charge in [-0.05, 0) is 47.7 Å². The van der Waals surface area contributed by atoms with Crippen molar-refractivity contribution in [1.82, 2.24) is 9.88 Å². The average molecular weight is 320 g/mol. The van der Waals surface area contributed by atoms with Gasteiger partial charge in [0.2, 0.25) is 0 Å². The van der Waals surface area contributed by atoms with Crippen LogP contribution < -0.4 is 5.32 Å². The van der Waals surface area contributed by atoms with Crippen LogP contribution in [0, 0.1) is 0 Å². The Hall–Kier alpha value is -1.39. The molecule has 0 bridgehead atoms. The molecule has 19 heavy (non-hydrogen) atoms. The van der Waals surface area contributed by atoms with E-state index in [0.717, 1.165) is 16.8 Å². The molecular weight excluding hydrogens is 302 g/mol. The number of nitrogens with one attached hydrogen (secondary N) is 1. The highest BCUT2D eigenvalue weighted by Crippen LogP contribution is 2.19. The molecule has 1 N–H and O–H groups in total. The van der Waals surface area contributed by atoms with Crippen molar-refractivity contribution in [3.05, 3.63) is 58.7 Å². The lowest BCUT2D eigenvalue weighted by Crippen LogP contribution is -2.27. The van der Waals surface area contributed by atoms with Crippen LogP contribution in [0.25, 0.3) is 0 Å². The molecule has 0 spiro atoms. The van der Waals surface area contributed by atoms with Gasteiger partial charge in [-0.2, -0.15) is 0 Å². The van der Waals surface area contributed by atoms with E-state index in [4.69, 9.17) is 0 Å². The van der Waals surface area contributed by atoms with Crippen molar-refractivity contribution in [3.8, 4) is 0 Å². The lowest BCUT2D eigenvalue weighted by Gasteiger charge is -2.25. The zero-order valence-corrected chi connectivity index (χ0v) is 12.8. The third-order valence-corrected chi connectivity index (χ3v) is 3.48. The third-order valence-electron chi connectivity index (χ3n) is 3.01. The number of halogens is 1. The second-order valence-electron chi connectivity index (χ2n) is 4.63. The summed E-state index contributed by atoms with van der Waals surface area (Å²) in [4.78, 5) is 6.54. The van der Waals surface area contributed by atoms with E-state index in [-0.39, 0.29) is 0 Å². The topological polar surface area (TPSA) is 28.2 Å². The number of pyridine rings is 1. The molecule has 0 saturated heterocycles. The first-order valence-corrected chi connectivity index (χ1v) is 7.03. The van der Waals surface area contributed by atoms with E-state index in [0.29, 0.717) is 6.04 Å². The van der Waals surface area contributed by atoms with Gasteiger partial charge < -0.3 is 10.2 Å². The predicted molar refractivity (Wildman–Crippen MR) is 83.3 cm³/mol. The Kier molecular flexibility index (Phi) is 4.93. The zero-order chi connectivity index (χ0) is 13.7. The van der Waals surface area contributed by atoms with Crippen molar-refractivity contribution in [2.45, 2.75) is 6.04 Å². The number of rotatable bonds is 5. The van der Waals surface area contributed by atoms with Gasteiger partial charge in [-0.1, -0.05) is 30.3 Å². The second kappa shape index (κ2) is 6.68. The van der Waals surface area contributed by atoms with Gasteiger partial charge in [0.1, 0.15) is 5.82 Å². The molecule has 3 nitrogen and oxygen atoms in total. The first-order chi connectivity index (χ1) is 9.16. The number of likely N-dealkylation sites (N-methyl/N-ethyl adjacent to an activating group) is 1. The predicted octanol–water partition coefficient (Wildman–Crippen LogP) is 3.56. The van der Waals surface area contributed by atoms with E-state index in [9.17, 15) is 0 Å². The summed E-state index contributed by atoms with van der Waals surface area (Å²) >= 11 is 3.39. The molecule has 0 saturated carbocycles. The SMILES string of the molecule is CN(C)C(CNc1ccc(Br)cn1)c1ccccc1. The largest absolute Gasteiger partial charge is 0.368 e. The highest BCUT2D eigenvalue weighted by Gasteiger charge is 2.13. The van der Waals surface area contributed by atoms with Crippen LogP contribution in [0.3, 0.4) is 0 Å². The number of aromatic nitrogens is 1. The molecule has 1 unspecified atom stereocenters. The van der Waals surface area contributed by atoms with Gasteiger partial charge >= 0.3 is 0 Å². The fourth-order valence-corrected chi connectivity index (χ4v) is 2.19. The molecule has 0 aliphatic heterocycles. The molecule has 100 valence electrons. The van der Waals surface area contributed by atoms with Crippen molar-refractivity contribution in [1.29, 1.82) is 0 Å². The highest BCUT2D eigenvalue weighted by molar-refractivity contribution is 9.10. The third kappa shape index (κ3) is 4.04. The van der Waals surface area contributed by atoms with Crippen molar-refractivity contribution in [2.24, 2.45) is 0 Å². The Morgan fingerprint density at radius 2 is 1.89 bits per heavy atom. The Morgan fingerprint density at radius 1 is 1.16 bits per heavy atom.